The molecule has 2 aromatic rings. The van der Waals surface area contributed by atoms with Gasteiger partial charge in [-0.1, -0.05) is 6.92 Å². The third kappa shape index (κ3) is 3.11. The molecule has 0 radical (unpaired) electrons. The Bertz CT molecular complexity index is 478. The van der Waals surface area contributed by atoms with Gasteiger partial charge >= 0.3 is 0 Å². The average Bonchev–Trinajstić information content (AvgIpc) is 2.87. The predicted molar refractivity (Wildman–Crippen MR) is 67.0 cm³/mol. The topological polar surface area (TPSA) is 43.0 Å². The van der Waals surface area contributed by atoms with Gasteiger partial charge in [0, 0.05) is 19.7 Å². The molecule has 0 spiro atoms. The molecule has 2 aromatic heterocycles. The fourth-order valence-corrected chi connectivity index (χ4v) is 1.97. The van der Waals surface area contributed by atoms with Crippen molar-refractivity contribution in [3.63, 3.8) is 0 Å². The van der Waals surface area contributed by atoms with E-state index in [0.29, 0.717) is 5.22 Å². The summed E-state index contributed by atoms with van der Waals surface area (Å²) >= 11 is 5.80. The van der Waals surface area contributed by atoms with Crippen molar-refractivity contribution < 1.29 is 4.42 Å². The molecule has 5 heteroatoms. The van der Waals surface area contributed by atoms with Gasteiger partial charge in [-0.3, -0.25) is 4.68 Å². The van der Waals surface area contributed by atoms with E-state index in [-0.39, 0.29) is 6.04 Å². The normalized spacial score (nSPS) is 12.9. The number of nitrogens with zero attached hydrogens (tertiary/aromatic N) is 2. The van der Waals surface area contributed by atoms with E-state index in [9.17, 15) is 0 Å². The first-order chi connectivity index (χ1) is 8.19. The minimum atomic E-state index is 0.113. The second-order valence-corrected chi connectivity index (χ2v) is 4.31. The van der Waals surface area contributed by atoms with Crippen LogP contribution in [-0.4, -0.2) is 16.3 Å². The SMILES string of the molecule is CCNC(Cc1ccn(C)n1)c1ccc(Cl)o1. The smallest absolute Gasteiger partial charge is 0.193 e. The molecule has 0 fully saturated rings. The Kier molecular flexibility index (Phi) is 3.86. The van der Waals surface area contributed by atoms with Crippen LogP contribution >= 0.6 is 11.6 Å². The Morgan fingerprint density at radius 1 is 1.47 bits per heavy atom. The van der Waals surface area contributed by atoms with E-state index in [1.807, 2.05) is 25.4 Å². The molecule has 92 valence electrons. The zero-order valence-corrected chi connectivity index (χ0v) is 10.7. The second-order valence-electron chi connectivity index (χ2n) is 3.94. The number of halogens is 1. The lowest BCUT2D eigenvalue weighted by molar-refractivity contribution is 0.414. The zero-order valence-electron chi connectivity index (χ0n) is 9.98. The number of aryl methyl sites for hydroxylation is 1. The van der Waals surface area contributed by atoms with Gasteiger partial charge < -0.3 is 9.73 Å². The summed E-state index contributed by atoms with van der Waals surface area (Å²) in [5, 5.41) is 8.16. The van der Waals surface area contributed by atoms with Crippen molar-refractivity contribution in [1.82, 2.24) is 15.1 Å². The minimum Gasteiger partial charge on any atom is -0.448 e. The van der Waals surface area contributed by atoms with Crippen LogP contribution in [0.2, 0.25) is 5.22 Å². The number of hydrogen-bond donors (Lipinski definition) is 1. The first-order valence-corrected chi connectivity index (χ1v) is 6.04. The number of hydrogen-bond acceptors (Lipinski definition) is 3. The summed E-state index contributed by atoms with van der Waals surface area (Å²) in [6.45, 7) is 2.94. The van der Waals surface area contributed by atoms with E-state index in [1.54, 1.807) is 10.7 Å². The van der Waals surface area contributed by atoms with Crippen molar-refractivity contribution in [1.29, 1.82) is 0 Å². The summed E-state index contributed by atoms with van der Waals surface area (Å²) in [4.78, 5) is 0. The van der Waals surface area contributed by atoms with Crippen LogP contribution in [-0.2, 0) is 13.5 Å². The molecule has 2 rings (SSSR count). The second kappa shape index (κ2) is 5.38. The van der Waals surface area contributed by atoms with Crippen LogP contribution in [0.25, 0.3) is 0 Å². The van der Waals surface area contributed by atoms with Gasteiger partial charge in [-0.25, -0.2) is 0 Å². The Morgan fingerprint density at radius 2 is 2.29 bits per heavy atom. The quantitative estimate of drug-likeness (QED) is 0.891. The maximum Gasteiger partial charge on any atom is 0.193 e. The standard InChI is InChI=1S/C12H16ClN3O/c1-3-14-10(11-4-5-12(13)17-11)8-9-6-7-16(2)15-9/h4-7,10,14H,3,8H2,1-2H3. The average molecular weight is 254 g/mol. The highest BCUT2D eigenvalue weighted by Gasteiger charge is 2.16. The van der Waals surface area contributed by atoms with E-state index in [2.05, 4.69) is 17.3 Å². The molecule has 0 aliphatic heterocycles. The molecule has 2 heterocycles. The first-order valence-electron chi connectivity index (χ1n) is 5.66. The summed E-state index contributed by atoms with van der Waals surface area (Å²) in [6, 6.07) is 5.79. The van der Waals surface area contributed by atoms with Crippen molar-refractivity contribution in [3.05, 3.63) is 41.1 Å². The third-order valence-corrected chi connectivity index (χ3v) is 2.77. The van der Waals surface area contributed by atoms with Gasteiger partial charge in [-0.15, -0.1) is 0 Å². The van der Waals surface area contributed by atoms with Crippen molar-refractivity contribution in [2.75, 3.05) is 6.54 Å². The summed E-state index contributed by atoms with van der Waals surface area (Å²) in [5.41, 5.74) is 1.03. The van der Waals surface area contributed by atoms with Gasteiger partial charge in [0.2, 0.25) is 0 Å². The van der Waals surface area contributed by atoms with Crippen molar-refractivity contribution in [2.24, 2.45) is 7.05 Å². The van der Waals surface area contributed by atoms with E-state index >= 15 is 0 Å². The highest BCUT2D eigenvalue weighted by molar-refractivity contribution is 6.28. The third-order valence-electron chi connectivity index (χ3n) is 2.57. The lowest BCUT2D eigenvalue weighted by Crippen LogP contribution is -2.22. The van der Waals surface area contributed by atoms with Crippen molar-refractivity contribution in [3.8, 4) is 0 Å². The molecule has 0 saturated carbocycles. The molecule has 0 amide bonds. The Morgan fingerprint density at radius 3 is 2.82 bits per heavy atom. The minimum absolute atomic E-state index is 0.113. The number of furan rings is 1. The Labute approximate surface area is 106 Å². The fourth-order valence-electron chi connectivity index (χ4n) is 1.82. The van der Waals surface area contributed by atoms with Gasteiger partial charge in [0.15, 0.2) is 5.22 Å². The number of aromatic nitrogens is 2. The van der Waals surface area contributed by atoms with E-state index in [1.165, 1.54) is 0 Å². The van der Waals surface area contributed by atoms with Gasteiger partial charge in [-0.2, -0.15) is 5.10 Å². The molecule has 0 bridgehead atoms. The summed E-state index contributed by atoms with van der Waals surface area (Å²) < 4.78 is 7.24. The molecule has 0 aliphatic rings. The van der Waals surface area contributed by atoms with Crippen LogP contribution in [0.5, 0.6) is 0 Å². The van der Waals surface area contributed by atoms with Crippen LogP contribution in [0.3, 0.4) is 0 Å². The molecule has 0 aliphatic carbocycles. The van der Waals surface area contributed by atoms with Crippen LogP contribution < -0.4 is 5.32 Å². The highest BCUT2D eigenvalue weighted by atomic mass is 35.5. The van der Waals surface area contributed by atoms with Gasteiger partial charge in [0.1, 0.15) is 5.76 Å². The summed E-state index contributed by atoms with van der Waals surface area (Å²) in [7, 11) is 1.91. The molecule has 1 N–H and O–H groups in total. The molecule has 0 saturated heterocycles. The van der Waals surface area contributed by atoms with Crippen molar-refractivity contribution in [2.45, 2.75) is 19.4 Å². The molecule has 17 heavy (non-hydrogen) atoms. The number of nitrogens with one attached hydrogen (secondary N) is 1. The molecule has 0 aromatic carbocycles. The van der Waals surface area contributed by atoms with Crippen LogP contribution in [0, 0.1) is 0 Å². The van der Waals surface area contributed by atoms with Crippen molar-refractivity contribution >= 4 is 11.6 Å². The molecule has 1 unspecified atom stereocenters. The summed E-state index contributed by atoms with van der Waals surface area (Å²) in [6.07, 6.45) is 2.73. The predicted octanol–water partition coefficient (Wildman–Crippen LogP) is 2.56. The lowest BCUT2D eigenvalue weighted by Gasteiger charge is -2.13. The van der Waals surface area contributed by atoms with Crippen LogP contribution in [0.15, 0.2) is 28.8 Å². The Hall–Kier alpha value is -1.26. The van der Waals surface area contributed by atoms with Gasteiger partial charge in [0.05, 0.1) is 11.7 Å². The molecular weight excluding hydrogens is 238 g/mol. The van der Waals surface area contributed by atoms with Crippen LogP contribution in [0.4, 0.5) is 0 Å². The van der Waals surface area contributed by atoms with E-state index in [0.717, 1.165) is 24.4 Å². The fraction of sp³-hybridized carbons (Fsp3) is 0.417. The van der Waals surface area contributed by atoms with Crippen LogP contribution in [0.1, 0.15) is 24.4 Å². The molecule has 1 atom stereocenters. The van der Waals surface area contributed by atoms with Gasteiger partial charge in [0.25, 0.3) is 0 Å². The van der Waals surface area contributed by atoms with E-state index < -0.39 is 0 Å². The van der Waals surface area contributed by atoms with E-state index in [4.69, 9.17) is 16.0 Å². The number of likely N-dealkylation sites (N-methyl/N-ethyl adjacent to an activating group) is 1. The monoisotopic (exact) mass is 253 g/mol. The zero-order chi connectivity index (χ0) is 12.3. The largest absolute Gasteiger partial charge is 0.448 e. The number of rotatable bonds is 5. The first kappa shape index (κ1) is 12.2. The summed E-state index contributed by atoms with van der Waals surface area (Å²) in [5.74, 6) is 0.850. The maximum absolute atomic E-state index is 5.80. The van der Waals surface area contributed by atoms with Gasteiger partial charge in [-0.05, 0) is 36.3 Å². The maximum atomic E-state index is 5.80. The highest BCUT2D eigenvalue weighted by Crippen LogP contribution is 2.22. The Balaban J connectivity index is 2.12. The molecular formula is C12H16ClN3O. The lowest BCUT2D eigenvalue weighted by atomic mass is 10.1. The molecule has 4 nitrogen and oxygen atoms in total.